The van der Waals surface area contributed by atoms with Gasteiger partial charge in [-0.15, -0.1) is 0 Å². The molecule has 19 heavy (non-hydrogen) atoms. The molecule has 1 N–H and O–H groups in total. The normalized spacial score (nSPS) is 20.6. The topological polar surface area (TPSA) is 29.1 Å². The highest BCUT2D eigenvalue weighted by atomic mass is 32.2. The van der Waals surface area contributed by atoms with E-state index in [1.54, 1.807) is 0 Å². The van der Waals surface area contributed by atoms with Crippen molar-refractivity contribution >= 4 is 10.8 Å². The molecule has 0 amide bonds. The van der Waals surface area contributed by atoms with Gasteiger partial charge in [0, 0.05) is 28.3 Å². The van der Waals surface area contributed by atoms with Gasteiger partial charge in [-0.2, -0.15) is 0 Å². The van der Waals surface area contributed by atoms with Crippen LogP contribution in [0.15, 0.2) is 0 Å². The Balaban J connectivity index is 2.41. The van der Waals surface area contributed by atoms with Crippen LogP contribution in [-0.4, -0.2) is 28.3 Å². The lowest BCUT2D eigenvalue weighted by molar-refractivity contribution is 0.284. The highest BCUT2D eigenvalue weighted by Gasteiger charge is 2.24. The molecule has 114 valence electrons. The van der Waals surface area contributed by atoms with Gasteiger partial charge in [-0.3, -0.25) is 4.21 Å². The second kappa shape index (κ2) is 9.93. The van der Waals surface area contributed by atoms with Gasteiger partial charge >= 0.3 is 0 Å². The molecule has 1 aliphatic rings. The predicted octanol–water partition coefficient (Wildman–Crippen LogP) is 3.73. The SMILES string of the molecule is CCCNC(CS(=O)CCC(C)C)C1CCCCC1. The standard InChI is InChI=1S/C16H33NOS/c1-4-11-17-16(15-8-6-5-7-9-15)13-19(18)12-10-14(2)3/h14-17H,4-13H2,1-3H3. The molecule has 1 fully saturated rings. The van der Waals surface area contributed by atoms with Crippen LogP contribution in [0.3, 0.4) is 0 Å². The quantitative estimate of drug-likeness (QED) is 0.700. The average molecular weight is 288 g/mol. The molecule has 2 atom stereocenters. The highest BCUT2D eigenvalue weighted by Crippen LogP contribution is 2.27. The fraction of sp³-hybridized carbons (Fsp3) is 1.00. The van der Waals surface area contributed by atoms with Crippen molar-refractivity contribution in [2.75, 3.05) is 18.1 Å². The summed E-state index contributed by atoms with van der Waals surface area (Å²) >= 11 is 0. The maximum Gasteiger partial charge on any atom is 0.0391 e. The second-order valence-corrected chi connectivity index (χ2v) is 8.07. The van der Waals surface area contributed by atoms with Gasteiger partial charge in [-0.25, -0.2) is 0 Å². The van der Waals surface area contributed by atoms with Crippen LogP contribution in [0.25, 0.3) is 0 Å². The van der Waals surface area contributed by atoms with Crippen LogP contribution >= 0.6 is 0 Å². The Morgan fingerprint density at radius 3 is 2.47 bits per heavy atom. The van der Waals surface area contributed by atoms with E-state index in [1.807, 2.05) is 0 Å². The summed E-state index contributed by atoms with van der Waals surface area (Å²) in [5.74, 6) is 3.19. The van der Waals surface area contributed by atoms with Gasteiger partial charge in [-0.1, -0.05) is 40.0 Å². The largest absolute Gasteiger partial charge is 0.313 e. The summed E-state index contributed by atoms with van der Waals surface area (Å²) in [5.41, 5.74) is 0. The van der Waals surface area contributed by atoms with E-state index in [-0.39, 0.29) is 0 Å². The lowest BCUT2D eigenvalue weighted by atomic mass is 9.84. The number of rotatable bonds is 9. The van der Waals surface area contributed by atoms with Crippen molar-refractivity contribution in [3.63, 3.8) is 0 Å². The van der Waals surface area contributed by atoms with Crippen LogP contribution < -0.4 is 5.32 Å². The summed E-state index contributed by atoms with van der Waals surface area (Å²) < 4.78 is 12.2. The molecule has 0 saturated heterocycles. The summed E-state index contributed by atoms with van der Waals surface area (Å²) in [6.07, 6.45) is 9.07. The summed E-state index contributed by atoms with van der Waals surface area (Å²) in [5, 5.41) is 3.66. The zero-order valence-electron chi connectivity index (χ0n) is 13.1. The molecular weight excluding hydrogens is 254 g/mol. The van der Waals surface area contributed by atoms with Crippen LogP contribution in [0.2, 0.25) is 0 Å². The maximum absolute atomic E-state index is 12.2. The third kappa shape index (κ3) is 7.45. The van der Waals surface area contributed by atoms with Crippen molar-refractivity contribution < 1.29 is 4.21 Å². The van der Waals surface area contributed by atoms with Crippen molar-refractivity contribution in [3.05, 3.63) is 0 Å². The van der Waals surface area contributed by atoms with E-state index in [4.69, 9.17) is 0 Å². The summed E-state index contributed by atoms with van der Waals surface area (Å²) in [6, 6.07) is 0.494. The fourth-order valence-electron chi connectivity index (χ4n) is 2.88. The van der Waals surface area contributed by atoms with E-state index in [0.717, 1.165) is 30.4 Å². The van der Waals surface area contributed by atoms with E-state index in [2.05, 4.69) is 26.1 Å². The van der Waals surface area contributed by atoms with Gasteiger partial charge in [-0.05, 0) is 44.1 Å². The fourth-order valence-corrected chi connectivity index (χ4v) is 4.57. The Kier molecular flexibility index (Phi) is 8.97. The van der Waals surface area contributed by atoms with Crippen molar-refractivity contribution in [1.82, 2.24) is 5.32 Å². The van der Waals surface area contributed by atoms with Crippen LogP contribution in [-0.2, 0) is 10.8 Å². The maximum atomic E-state index is 12.2. The molecule has 1 saturated carbocycles. The van der Waals surface area contributed by atoms with E-state index < -0.39 is 10.8 Å². The molecule has 0 bridgehead atoms. The van der Waals surface area contributed by atoms with E-state index in [0.29, 0.717) is 12.0 Å². The third-order valence-electron chi connectivity index (χ3n) is 4.16. The van der Waals surface area contributed by atoms with Gasteiger partial charge in [0.2, 0.25) is 0 Å². The van der Waals surface area contributed by atoms with Gasteiger partial charge in [0.1, 0.15) is 0 Å². The van der Waals surface area contributed by atoms with E-state index >= 15 is 0 Å². The Morgan fingerprint density at radius 2 is 1.89 bits per heavy atom. The molecule has 1 rings (SSSR count). The molecule has 0 aromatic carbocycles. The van der Waals surface area contributed by atoms with Gasteiger partial charge < -0.3 is 5.32 Å². The summed E-state index contributed by atoms with van der Waals surface area (Å²) in [6.45, 7) is 7.71. The van der Waals surface area contributed by atoms with Gasteiger partial charge in [0.05, 0.1) is 0 Å². The predicted molar refractivity (Wildman–Crippen MR) is 86.0 cm³/mol. The van der Waals surface area contributed by atoms with E-state index in [9.17, 15) is 4.21 Å². The average Bonchev–Trinajstić information content (AvgIpc) is 2.42. The lowest BCUT2D eigenvalue weighted by Gasteiger charge is -2.31. The summed E-state index contributed by atoms with van der Waals surface area (Å²) in [7, 11) is -0.638. The molecule has 2 unspecified atom stereocenters. The molecule has 0 aromatic rings. The van der Waals surface area contributed by atoms with Crippen molar-refractivity contribution in [2.45, 2.75) is 71.8 Å². The van der Waals surface area contributed by atoms with Crippen LogP contribution in [0, 0.1) is 11.8 Å². The first-order chi connectivity index (χ1) is 9.13. The highest BCUT2D eigenvalue weighted by molar-refractivity contribution is 7.85. The first-order valence-corrected chi connectivity index (χ1v) is 9.70. The Hall–Kier alpha value is 0.110. The Labute approximate surface area is 122 Å². The molecule has 0 heterocycles. The molecule has 1 aliphatic carbocycles. The molecule has 0 radical (unpaired) electrons. The van der Waals surface area contributed by atoms with Crippen LogP contribution in [0.1, 0.15) is 65.7 Å². The Morgan fingerprint density at radius 1 is 1.21 bits per heavy atom. The number of hydrogen-bond acceptors (Lipinski definition) is 2. The van der Waals surface area contributed by atoms with Crippen LogP contribution in [0.5, 0.6) is 0 Å². The summed E-state index contributed by atoms with van der Waals surface area (Å²) in [4.78, 5) is 0. The number of hydrogen-bond donors (Lipinski definition) is 1. The third-order valence-corrected chi connectivity index (χ3v) is 5.59. The molecular formula is C16H33NOS. The zero-order valence-corrected chi connectivity index (χ0v) is 13.9. The first-order valence-electron chi connectivity index (χ1n) is 8.21. The molecule has 2 nitrogen and oxygen atoms in total. The van der Waals surface area contributed by atoms with Crippen LogP contribution in [0.4, 0.5) is 0 Å². The van der Waals surface area contributed by atoms with Gasteiger partial charge in [0.25, 0.3) is 0 Å². The lowest BCUT2D eigenvalue weighted by Crippen LogP contribution is -2.42. The minimum atomic E-state index is -0.638. The number of nitrogens with one attached hydrogen (secondary N) is 1. The van der Waals surface area contributed by atoms with E-state index in [1.165, 1.54) is 38.5 Å². The molecule has 3 heteroatoms. The van der Waals surface area contributed by atoms with Crippen molar-refractivity contribution in [3.8, 4) is 0 Å². The first kappa shape index (κ1) is 17.2. The zero-order chi connectivity index (χ0) is 14.1. The Bertz CT molecular complexity index is 249. The molecule has 0 aliphatic heterocycles. The monoisotopic (exact) mass is 287 g/mol. The van der Waals surface area contributed by atoms with Crippen molar-refractivity contribution in [2.24, 2.45) is 11.8 Å². The molecule has 0 spiro atoms. The van der Waals surface area contributed by atoms with Crippen molar-refractivity contribution in [1.29, 1.82) is 0 Å². The minimum Gasteiger partial charge on any atom is -0.313 e. The second-order valence-electron chi connectivity index (χ2n) is 6.45. The van der Waals surface area contributed by atoms with Gasteiger partial charge in [0.15, 0.2) is 0 Å². The molecule has 0 aromatic heterocycles. The smallest absolute Gasteiger partial charge is 0.0391 e. The minimum absolute atomic E-state index is 0.494.